The van der Waals surface area contributed by atoms with Crippen LogP contribution in [0.1, 0.15) is 33.6 Å². The number of hydrogen-bond donors (Lipinski definition) is 1. The Morgan fingerprint density at radius 3 is 2.32 bits per heavy atom. The highest BCUT2D eigenvalue weighted by atomic mass is 16.5. The second-order valence-electron chi connectivity index (χ2n) is 6.14. The molecule has 1 N–H and O–H groups in total. The fourth-order valence-corrected chi connectivity index (χ4v) is 2.71. The van der Waals surface area contributed by atoms with Crippen LogP contribution in [0.25, 0.3) is 0 Å². The number of methoxy groups -OCH3 is 1. The van der Waals surface area contributed by atoms with Crippen molar-refractivity contribution in [2.75, 3.05) is 40.0 Å². The fraction of sp³-hybridized carbons (Fsp3) is 1.00. The molecule has 0 aromatic carbocycles. The molecule has 4 heteroatoms. The molecular formula is C15H31NO3. The fourth-order valence-electron chi connectivity index (χ4n) is 2.71. The van der Waals surface area contributed by atoms with Gasteiger partial charge >= 0.3 is 0 Å². The summed E-state index contributed by atoms with van der Waals surface area (Å²) in [5.41, 5.74) is 0. The predicted molar refractivity (Wildman–Crippen MR) is 77.3 cm³/mol. The van der Waals surface area contributed by atoms with Crippen molar-refractivity contribution in [2.24, 2.45) is 11.8 Å². The molecule has 1 heterocycles. The average molecular weight is 273 g/mol. The molecule has 19 heavy (non-hydrogen) atoms. The summed E-state index contributed by atoms with van der Waals surface area (Å²) in [4.78, 5) is 2.36. The van der Waals surface area contributed by atoms with E-state index in [1.54, 1.807) is 7.11 Å². The minimum Gasteiger partial charge on any atom is -0.389 e. The quantitative estimate of drug-likeness (QED) is 0.732. The average Bonchev–Trinajstić information content (AvgIpc) is 2.37. The van der Waals surface area contributed by atoms with Gasteiger partial charge in [0.05, 0.1) is 25.4 Å². The molecule has 0 aromatic rings. The number of β-amino-alcohol motifs (C(OH)–C–C–N with tert-alkyl or cyclic N) is 1. The van der Waals surface area contributed by atoms with Crippen LogP contribution in [0, 0.1) is 11.8 Å². The van der Waals surface area contributed by atoms with Crippen molar-refractivity contribution < 1.29 is 14.6 Å². The lowest BCUT2D eigenvalue weighted by Gasteiger charge is -2.34. The molecule has 1 aliphatic rings. The Kier molecular flexibility index (Phi) is 7.91. The number of aliphatic hydroxyl groups excluding tert-OH is 1. The summed E-state index contributed by atoms with van der Waals surface area (Å²) in [6.45, 7) is 10.5. The largest absolute Gasteiger partial charge is 0.389 e. The van der Waals surface area contributed by atoms with Crippen LogP contribution in [0.4, 0.5) is 0 Å². The van der Waals surface area contributed by atoms with Gasteiger partial charge in [0.25, 0.3) is 0 Å². The number of hydrogen-bond acceptors (Lipinski definition) is 4. The highest BCUT2D eigenvalue weighted by Crippen LogP contribution is 2.24. The van der Waals surface area contributed by atoms with E-state index in [0.717, 1.165) is 31.5 Å². The van der Waals surface area contributed by atoms with Gasteiger partial charge in [0.1, 0.15) is 0 Å². The first kappa shape index (κ1) is 16.9. The van der Waals surface area contributed by atoms with Crippen molar-refractivity contribution in [2.45, 2.75) is 45.8 Å². The molecule has 1 saturated heterocycles. The summed E-state index contributed by atoms with van der Waals surface area (Å²) in [6, 6.07) is 0. The Labute approximate surface area is 118 Å². The monoisotopic (exact) mass is 273 g/mol. The van der Waals surface area contributed by atoms with Crippen LogP contribution in [0.3, 0.4) is 0 Å². The van der Waals surface area contributed by atoms with Gasteiger partial charge in [-0.2, -0.15) is 0 Å². The molecule has 114 valence electrons. The van der Waals surface area contributed by atoms with E-state index in [-0.39, 0.29) is 6.10 Å². The van der Waals surface area contributed by atoms with Gasteiger partial charge in [-0.3, -0.25) is 0 Å². The summed E-state index contributed by atoms with van der Waals surface area (Å²) in [6.07, 6.45) is 2.16. The molecule has 0 aliphatic carbocycles. The molecule has 4 nitrogen and oxygen atoms in total. The molecule has 1 fully saturated rings. The first-order chi connectivity index (χ1) is 9.02. The van der Waals surface area contributed by atoms with Crippen molar-refractivity contribution in [3.05, 3.63) is 0 Å². The van der Waals surface area contributed by atoms with E-state index in [0.29, 0.717) is 13.2 Å². The SMILES string of the molecule is COCC(C)OCC(O)CN1CCC(C(C)C)CC1. The third-order valence-corrected chi connectivity index (χ3v) is 4.02. The van der Waals surface area contributed by atoms with Gasteiger partial charge in [0.15, 0.2) is 0 Å². The standard InChI is InChI=1S/C15H31NO3/c1-12(2)14-5-7-16(8-6-14)9-15(17)11-19-13(3)10-18-4/h12-15,17H,5-11H2,1-4H3. The van der Waals surface area contributed by atoms with Crippen LogP contribution in [-0.2, 0) is 9.47 Å². The molecule has 0 saturated carbocycles. The Morgan fingerprint density at radius 1 is 1.16 bits per heavy atom. The van der Waals surface area contributed by atoms with Gasteiger partial charge in [0.2, 0.25) is 0 Å². The van der Waals surface area contributed by atoms with Crippen molar-refractivity contribution in [1.29, 1.82) is 0 Å². The van der Waals surface area contributed by atoms with Crippen molar-refractivity contribution in [1.82, 2.24) is 4.90 Å². The zero-order chi connectivity index (χ0) is 14.3. The van der Waals surface area contributed by atoms with Gasteiger partial charge in [-0.15, -0.1) is 0 Å². The van der Waals surface area contributed by atoms with Gasteiger partial charge in [-0.05, 0) is 44.7 Å². The molecular weight excluding hydrogens is 242 g/mol. The van der Waals surface area contributed by atoms with Gasteiger partial charge in [-0.25, -0.2) is 0 Å². The van der Waals surface area contributed by atoms with E-state index in [1.807, 2.05) is 6.92 Å². The van der Waals surface area contributed by atoms with Crippen LogP contribution in [0.15, 0.2) is 0 Å². The smallest absolute Gasteiger partial charge is 0.0900 e. The van der Waals surface area contributed by atoms with Crippen molar-refractivity contribution in [3.63, 3.8) is 0 Å². The molecule has 0 bridgehead atoms. The topological polar surface area (TPSA) is 41.9 Å². The zero-order valence-corrected chi connectivity index (χ0v) is 13.0. The third kappa shape index (κ3) is 6.70. The van der Waals surface area contributed by atoms with E-state index < -0.39 is 6.10 Å². The van der Waals surface area contributed by atoms with E-state index in [9.17, 15) is 5.11 Å². The number of likely N-dealkylation sites (tertiary alicyclic amines) is 1. The van der Waals surface area contributed by atoms with Gasteiger partial charge in [-0.1, -0.05) is 13.8 Å². The molecule has 0 spiro atoms. The van der Waals surface area contributed by atoms with Crippen LogP contribution in [0.2, 0.25) is 0 Å². The lowest BCUT2D eigenvalue weighted by molar-refractivity contribution is -0.0421. The first-order valence-electron chi connectivity index (χ1n) is 7.53. The lowest BCUT2D eigenvalue weighted by Crippen LogP contribution is -2.41. The van der Waals surface area contributed by atoms with Crippen LogP contribution in [0.5, 0.6) is 0 Å². The maximum Gasteiger partial charge on any atom is 0.0900 e. The summed E-state index contributed by atoms with van der Waals surface area (Å²) >= 11 is 0. The number of piperidine rings is 1. The zero-order valence-electron chi connectivity index (χ0n) is 13.0. The second kappa shape index (κ2) is 8.90. The molecule has 1 aliphatic heterocycles. The van der Waals surface area contributed by atoms with E-state index in [1.165, 1.54) is 12.8 Å². The van der Waals surface area contributed by atoms with E-state index in [4.69, 9.17) is 9.47 Å². The maximum absolute atomic E-state index is 9.99. The molecule has 0 aromatic heterocycles. The highest BCUT2D eigenvalue weighted by molar-refractivity contribution is 4.76. The van der Waals surface area contributed by atoms with Crippen molar-refractivity contribution >= 4 is 0 Å². The molecule has 1 rings (SSSR count). The Morgan fingerprint density at radius 2 is 1.79 bits per heavy atom. The minimum atomic E-state index is -0.394. The van der Waals surface area contributed by atoms with Gasteiger partial charge < -0.3 is 19.5 Å². The van der Waals surface area contributed by atoms with Crippen LogP contribution < -0.4 is 0 Å². The van der Waals surface area contributed by atoms with Crippen LogP contribution in [-0.4, -0.2) is 62.2 Å². The maximum atomic E-state index is 9.99. The number of rotatable bonds is 8. The first-order valence-corrected chi connectivity index (χ1v) is 7.53. The summed E-state index contributed by atoms with van der Waals surface area (Å²) in [7, 11) is 1.66. The third-order valence-electron chi connectivity index (χ3n) is 4.02. The number of aliphatic hydroxyl groups is 1. The summed E-state index contributed by atoms with van der Waals surface area (Å²) in [5.74, 6) is 1.64. The summed E-state index contributed by atoms with van der Waals surface area (Å²) in [5, 5.41) is 9.99. The van der Waals surface area contributed by atoms with E-state index in [2.05, 4.69) is 18.7 Å². The second-order valence-corrected chi connectivity index (χ2v) is 6.14. The molecule has 0 radical (unpaired) electrons. The Hall–Kier alpha value is -0.160. The summed E-state index contributed by atoms with van der Waals surface area (Å²) < 4.78 is 10.5. The number of nitrogens with zero attached hydrogens (tertiary/aromatic N) is 1. The normalized spacial score (nSPS) is 21.8. The van der Waals surface area contributed by atoms with Crippen LogP contribution >= 0.6 is 0 Å². The Bertz CT molecular complexity index is 227. The molecule has 2 atom stereocenters. The Balaban J connectivity index is 2.14. The highest BCUT2D eigenvalue weighted by Gasteiger charge is 2.23. The molecule has 2 unspecified atom stereocenters. The van der Waals surface area contributed by atoms with E-state index >= 15 is 0 Å². The number of ether oxygens (including phenoxy) is 2. The lowest BCUT2D eigenvalue weighted by atomic mass is 9.87. The molecule has 0 amide bonds. The van der Waals surface area contributed by atoms with Gasteiger partial charge in [0, 0.05) is 13.7 Å². The predicted octanol–water partition coefficient (Wildman–Crippen LogP) is 1.77. The minimum absolute atomic E-state index is 0.0475. The van der Waals surface area contributed by atoms with Crippen molar-refractivity contribution in [3.8, 4) is 0 Å².